The molecule has 1 aliphatic carbocycles. The zero-order valence-electron chi connectivity index (χ0n) is 12.1. The van der Waals surface area contributed by atoms with Crippen LogP contribution in [0, 0.1) is 5.92 Å². The van der Waals surface area contributed by atoms with Gasteiger partial charge in [-0.25, -0.2) is 8.42 Å². The van der Waals surface area contributed by atoms with Crippen LogP contribution < -0.4 is 0 Å². The molecular formula is C16H22O3S. The van der Waals surface area contributed by atoms with Gasteiger partial charge in [0.25, 0.3) is 0 Å². The largest absolute Gasteiger partial charge is 0.298 e. The second-order valence-electron chi connectivity index (χ2n) is 5.93. The molecule has 1 aromatic rings. The maximum Gasteiger partial charge on any atom is 0.185 e. The van der Waals surface area contributed by atoms with Gasteiger partial charge in [-0.3, -0.25) is 4.79 Å². The first-order valence-corrected chi connectivity index (χ1v) is 8.91. The van der Waals surface area contributed by atoms with Gasteiger partial charge in [0.1, 0.15) is 5.75 Å². The lowest BCUT2D eigenvalue weighted by molar-refractivity contribution is -0.120. The Morgan fingerprint density at radius 2 is 1.70 bits per heavy atom. The molecule has 0 spiro atoms. The number of Topliss-reactive ketones (excluding diaryl/α,β-unsaturated/α-hetero) is 1. The molecule has 2 rings (SSSR count). The molecular weight excluding hydrogens is 272 g/mol. The van der Waals surface area contributed by atoms with Gasteiger partial charge in [0.15, 0.2) is 15.6 Å². The number of carbonyl (C=O) groups excluding carboxylic acids is 1. The third-order valence-electron chi connectivity index (χ3n) is 4.05. The summed E-state index contributed by atoms with van der Waals surface area (Å²) in [4.78, 5) is 12.3. The number of hydrogen-bond acceptors (Lipinski definition) is 3. The molecule has 3 nitrogen and oxygen atoms in total. The van der Waals surface area contributed by atoms with Gasteiger partial charge in [-0.15, -0.1) is 0 Å². The van der Waals surface area contributed by atoms with Crippen molar-refractivity contribution < 1.29 is 13.2 Å². The Kier molecular flexibility index (Phi) is 4.63. The van der Waals surface area contributed by atoms with Gasteiger partial charge in [-0.05, 0) is 36.5 Å². The van der Waals surface area contributed by atoms with E-state index in [1.54, 1.807) is 12.1 Å². The lowest BCUT2D eigenvalue weighted by atomic mass is 10.0. The zero-order chi connectivity index (χ0) is 14.8. The molecule has 0 N–H and O–H groups in total. The molecule has 20 heavy (non-hydrogen) atoms. The molecule has 0 heterocycles. The van der Waals surface area contributed by atoms with E-state index in [-0.39, 0.29) is 22.3 Å². The first kappa shape index (κ1) is 15.2. The van der Waals surface area contributed by atoms with Crippen molar-refractivity contribution in [1.29, 1.82) is 0 Å². The lowest BCUT2D eigenvalue weighted by Crippen LogP contribution is -2.22. The second-order valence-corrected chi connectivity index (χ2v) is 7.92. The molecule has 1 fully saturated rings. The molecule has 1 aliphatic rings. The summed E-state index contributed by atoms with van der Waals surface area (Å²) >= 11 is 0. The van der Waals surface area contributed by atoms with Crippen molar-refractivity contribution in [2.75, 3.05) is 5.75 Å². The number of hydrogen-bond donors (Lipinski definition) is 0. The highest BCUT2D eigenvalue weighted by Gasteiger charge is 2.27. The van der Waals surface area contributed by atoms with E-state index in [4.69, 9.17) is 0 Å². The first-order valence-electron chi connectivity index (χ1n) is 7.25. The molecule has 110 valence electrons. The minimum Gasteiger partial charge on any atom is -0.298 e. The predicted molar refractivity (Wildman–Crippen MR) is 79.5 cm³/mol. The van der Waals surface area contributed by atoms with Gasteiger partial charge in [0.05, 0.1) is 4.90 Å². The third-order valence-corrected chi connectivity index (χ3v) is 5.70. The summed E-state index contributed by atoms with van der Waals surface area (Å²) in [7, 11) is -3.49. The number of rotatable bonds is 5. The molecule has 0 saturated heterocycles. The maximum absolute atomic E-state index is 12.3. The van der Waals surface area contributed by atoms with Crippen LogP contribution in [-0.2, 0) is 14.6 Å². The van der Waals surface area contributed by atoms with Crippen molar-refractivity contribution in [2.24, 2.45) is 5.92 Å². The molecule has 1 saturated carbocycles. The van der Waals surface area contributed by atoms with Crippen molar-refractivity contribution in [3.63, 3.8) is 0 Å². The summed E-state index contributed by atoms with van der Waals surface area (Å²) in [5, 5.41) is 0. The van der Waals surface area contributed by atoms with Crippen molar-refractivity contribution in [2.45, 2.75) is 50.3 Å². The summed E-state index contributed by atoms with van der Waals surface area (Å²) in [6.07, 6.45) is 3.78. The molecule has 0 radical (unpaired) electrons. The van der Waals surface area contributed by atoms with Crippen LogP contribution in [0.4, 0.5) is 0 Å². The number of ketones is 1. The minimum atomic E-state index is -3.49. The van der Waals surface area contributed by atoms with E-state index in [2.05, 4.69) is 13.8 Å². The van der Waals surface area contributed by atoms with E-state index in [1.165, 1.54) is 0 Å². The van der Waals surface area contributed by atoms with Gasteiger partial charge in [-0.2, -0.15) is 0 Å². The first-order chi connectivity index (χ1) is 9.40. The molecule has 0 atom stereocenters. The van der Waals surface area contributed by atoms with Crippen molar-refractivity contribution in [3.05, 3.63) is 29.8 Å². The molecule has 0 amide bonds. The quantitative estimate of drug-likeness (QED) is 0.837. The van der Waals surface area contributed by atoms with Gasteiger partial charge in [0.2, 0.25) is 0 Å². The van der Waals surface area contributed by atoms with Gasteiger partial charge in [-0.1, -0.05) is 38.8 Å². The average molecular weight is 294 g/mol. The van der Waals surface area contributed by atoms with Crippen LogP contribution >= 0.6 is 0 Å². The Balaban J connectivity index is 2.11. The zero-order valence-corrected chi connectivity index (χ0v) is 12.9. The average Bonchev–Trinajstić information content (AvgIpc) is 2.92. The van der Waals surface area contributed by atoms with Crippen molar-refractivity contribution >= 4 is 15.6 Å². The highest BCUT2D eigenvalue weighted by Crippen LogP contribution is 2.27. The Morgan fingerprint density at radius 1 is 1.15 bits per heavy atom. The summed E-state index contributed by atoms with van der Waals surface area (Å²) in [5.74, 6) is -0.138. The van der Waals surface area contributed by atoms with E-state index in [9.17, 15) is 13.2 Å². The van der Waals surface area contributed by atoms with Crippen LogP contribution in [0.3, 0.4) is 0 Å². The van der Waals surface area contributed by atoms with Gasteiger partial charge in [0, 0.05) is 5.92 Å². The normalized spacial score (nSPS) is 16.8. The third kappa shape index (κ3) is 3.48. The Hall–Kier alpha value is -1.16. The molecule has 0 bridgehead atoms. The van der Waals surface area contributed by atoms with E-state index in [1.807, 2.05) is 12.1 Å². The fourth-order valence-electron chi connectivity index (χ4n) is 2.70. The smallest absolute Gasteiger partial charge is 0.185 e. The van der Waals surface area contributed by atoms with Crippen LogP contribution in [-0.4, -0.2) is 20.0 Å². The highest BCUT2D eigenvalue weighted by atomic mass is 32.2. The lowest BCUT2D eigenvalue weighted by Gasteiger charge is -2.10. The highest BCUT2D eigenvalue weighted by molar-refractivity contribution is 7.92. The molecule has 1 aromatic carbocycles. The fourth-order valence-corrected chi connectivity index (χ4v) is 4.02. The number of benzene rings is 1. The van der Waals surface area contributed by atoms with Gasteiger partial charge >= 0.3 is 0 Å². The molecule has 0 aromatic heterocycles. The second kappa shape index (κ2) is 6.08. The summed E-state index contributed by atoms with van der Waals surface area (Å²) in [5.41, 5.74) is 1.10. The summed E-state index contributed by atoms with van der Waals surface area (Å²) in [6, 6.07) is 6.90. The molecule has 0 unspecified atom stereocenters. The van der Waals surface area contributed by atoms with E-state index < -0.39 is 9.84 Å². The fraction of sp³-hybridized carbons (Fsp3) is 0.562. The Labute approximate surface area is 121 Å². The number of carbonyl (C=O) groups is 1. The molecule has 0 aliphatic heterocycles. The van der Waals surface area contributed by atoms with Crippen LogP contribution in [0.2, 0.25) is 0 Å². The van der Waals surface area contributed by atoms with E-state index in [0.717, 1.165) is 31.2 Å². The van der Waals surface area contributed by atoms with Crippen molar-refractivity contribution in [1.82, 2.24) is 0 Å². The summed E-state index contributed by atoms with van der Waals surface area (Å²) in [6.45, 7) is 4.13. The Bertz CT molecular complexity index is 564. The van der Waals surface area contributed by atoms with Crippen LogP contribution in [0.15, 0.2) is 29.2 Å². The molecule has 4 heteroatoms. The van der Waals surface area contributed by atoms with Crippen molar-refractivity contribution in [3.8, 4) is 0 Å². The predicted octanol–water partition coefficient (Wildman–Crippen LogP) is 3.34. The topological polar surface area (TPSA) is 51.2 Å². The summed E-state index contributed by atoms with van der Waals surface area (Å²) < 4.78 is 24.5. The Morgan fingerprint density at radius 3 is 2.20 bits per heavy atom. The maximum atomic E-state index is 12.3. The minimum absolute atomic E-state index is 0.0419. The monoisotopic (exact) mass is 294 g/mol. The van der Waals surface area contributed by atoms with E-state index >= 15 is 0 Å². The van der Waals surface area contributed by atoms with Crippen LogP contribution in [0.1, 0.15) is 51.0 Å². The van der Waals surface area contributed by atoms with E-state index in [0.29, 0.717) is 5.92 Å². The number of sulfone groups is 1. The van der Waals surface area contributed by atoms with Gasteiger partial charge < -0.3 is 0 Å². The van der Waals surface area contributed by atoms with Crippen LogP contribution in [0.25, 0.3) is 0 Å². The standard InChI is InChI=1S/C16H22O3S/c1-12(2)13-7-9-15(10-8-13)20(18,19)11-16(17)14-5-3-4-6-14/h7-10,12,14H,3-6,11H2,1-2H3. The van der Waals surface area contributed by atoms with Crippen LogP contribution in [0.5, 0.6) is 0 Å². The SMILES string of the molecule is CC(C)c1ccc(S(=O)(=O)CC(=O)C2CCCC2)cc1.